The Morgan fingerprint density at radius 3 is 2.80 bits per heavy atom. The Bertz CT molecular complexity index is 205. The molecular weight excluding hydrogens is 190 g/mol. The van der Waals surface area contributed by atoms with Gasteiger partial charge >= 0.3 is 0 Å². The maximum Gasteiger partial charge on any atom is 0.0208 e. The Morgan fingerprint density at radius 1 is 1.70 bits per heavy atom. The van der Waals surface area contributed by atoms with Gasteiger partial charge in [0, 0.05) is 30.2 Å². The van der Waals surface area contributed by atoms with Gasteiger partial charge in [0.1, 0.15) is 0 Å². The number of nitrogens with zero attached hydrogens (tertiary/aromatic N) is 1. The number of alkyl halides is 1. The van der Waals surface area contributed by atoms with E-state index in [0.717, 1.165) is 5.33 Å². The van der Waals surface area contributed by atoms with Gasteiger partial charge in [-0.2, -0.15) is 0 Å². The summed E-state index contributed by atoms with van der Waals surface area (Å²) in [6.07, 6.45) is 2.08. The van der Waals surface area contributed by atoms with E-state index in [2.05, 4.69) is 52.8 Å². The third kappa shape index (κ3) is 1.43. The highest BCUT2D eigenvalue weighted by atomic mass is 79.9. The maximum absolute atomic E-state index is 3.46. The first kappa shape index (κ1) is 7.86. The molecule has 56 valence electrons. The third-order valence-electron chi connectivity index (χ3n) is 1.72. The first-order valence-corrected chi connectivity index (χ1v) is 4.55. The van der Waals surface area contributed by atoms with E-state index in [9.17, 15) is 0 Å². The van der Waals surface area contributed by atoms with Gasteiger partial charge in [0.15, 0.2) is 0 Å². The van der Waals surface area contributed by atoms with E-state index in [0.29, 0.717) is 5.92 Å². The minimum Gasteiger partial charge on any atom is -0.354 e. The van der Waals surface area contributed by atoms with Crippen LogP contribution in [0.1, 0.15) is 18.5 Å². The van der Waals surface area contributed by atoms with E-state index in [4.69, 9.17) is 0 Å². The molecule has 0 N–H and O–H groups in total. The highest BCUT2D eigenvalue weighted by molar-refractivity contribution is 9.09. The average molecular weight is 202 g/mol. The Labute approximate surface area is 70.2 Å². The lowest BCUT2D eigenvalue weighted by Gasteiger charge is -2.08. The molecule has 1 unspecified atom stereocenters. The van der Waals surface area contributed by atoms with Crippen LogP contribution < -0.4 is 0 Å². The molecule has 0 bridgehead atoms. The first-order chi connectivity index (χ1) is 4.75. The fourth-order valence-corrected chi connectivity index (χ4v) is 1.40. The van der Waals surface area contributed by atoms with Crippen LogP contribution in [0.2, 0.25) is 0 Å². The molecule has 0 fully saturated rings. The molecule has 0 radical (unpaired) electrons. The molecule has 1 nitrogen and oxygen atoms in total. The minimum absolute atomic E-state index is 0.611. The molecule has 0 aliphatic heterocycles. The SMILES string of the molecule is CC(CBr)c1cccn1C. The maximum atomic E-state index is 3.46. The summed E-state index contributed by atoms with van der Waals surface area (Å²) >= 11 is 3.46. The van der Waals surface area contributed by atoms with Gasteiger partial charge in [0.25, 0.3) is 0 Å². The highest BCUT2D eigenvalue weighted by Gasteiger charge is 2.04. The Kier molecular flexibility index (Phi) is 2.55. The van der Waals surface area contributed by atoms with Crippen molar-refractivity contribution >= 4 is 15.9 Å². The van der Waals surface area contributed by atoms with Crippen LogP contribution in [0.25, 0.3) is 0 Å². The van der Waals surface area contributed by atoms with Gasteiger partial charge in [-0.1, -0.05) is 22.9 Å². The smallest absolute Gasteiger partial charge is 0.0208 e. The first-order valence-electron chi connectivity index (χ1n) is 3.43. The predicted molar refractivity (Wildman–Crippen MR) is 47.6 cm³/mol. The van der Waals surface area contributed by atoms with Crippen LogP contribution in [0.5, 0.6) is 0 Å². The van der Waals surface area contributed by atoms with Gasteiger partial charge in [-0.05, 0) is 12.1 Å². The number of hydrogen-bond donors (Lipinski definition) is 0. The minimum atomic E-state index is 0.611. The van der Waals surface area contributed by atoms with Crippen molar-refractivity contribution in [3.8, 4) is 0 Å². The van der Waals surface area contributed by atoms with Crippen LogP contribution in [0.3, 0.4) is 0 Å². The topological polar surface area (TPSA) is 4.93 Å². The molecule has 1 aromatic rings. The van der Waals surface area contributed by atoms with E-state index in [-0.39, 0.29) is 0 Å². The molecule has 0 amide bonds. The summed E-state index contributed by atoms with van der Waals surface area (Å²) in [5, 5.41) is 1.03. The standard InChI is InChI=1S/C8H12BrN/c1-7(6-9)8-4-3-5-10(8)2/h3-5,7H,6H2,1-2H3. The quantitative estimate of drug-likeness (QED) is 0.649. The van der Waals surface area contributed by atoms with Gasteiger partial charge in [-0.15, -0.1) is 0 Å². The number of halogens is 1. The van der Waals surface area contributed by atoms with Crippen LogP contribution in [-0.4, -0.2) is 9.90 Å². The van der Waals surface area contributed by atoms with Crippen molar-refractivity contribution < 1.29 is 0 Å². The summed E-state index contributed by atoms with van der Waals surface area (Å²) in [4.78, 5) is 0. The molecule has 0 aromatic carbocycles. The third-order valence-corrected chi connectivity index (χ3v) is 2.69. The molecule has 0 saturated heterocycles. The summed E-state index contributed by atoms with van der Waals surface area (Å²) in [5.74, 6) is 0.611. The number of aryl methyl sites for hydroxylation is 1. The van der Waals surface area contributed by atoms with Crippen LogP contribution in [0.4, 0.5) is 0 Å². The summed E-state index contributed by atoms with van der Waals surface area (Å²) in [6.45, 7) is 2.21. The zero-order valence-electron chi connectivity index (χ0n) is 6.34. The zero-order chi connectivity index (χ0) is 7.56. The fraction of sp³-hybridized carbons (Fsp3) is 0.500. The average Bonchev–Trinajstić information content (AvgIpc) is 2.34. The Hall–Kier alpha value is -0.240. The molecule has 1 aromatic heterocycles. The summed E-state index contributed by atoms with van der Waals surface area (Å²) in [6, 6.07) is 4.24. The van der Waals surface area contributed by atoms with Gasteiger partial charge in [-0.25, -0.2) is 0 Å². The van der Waals surface area contributed by atoms with Crippen molar-refractivity contribution in [1.82, 2.24) is 4.57 Å². The Morgan fingerprint density at radius 2 is 2.40 bits per heavy atom. The van der Waals surface area contributed by atoms with Crippen LogP contribution in [-0.2, 0) is 7.05 Å². The summed E-state index contributed by atoms with van der Waals surface area (Å²) < 4.78 is 2.16. The molecule has 1 heterocycles. The second-order valence-corrected chi connectivity index (χ2v) is 3.25. The summed E-state index contributed by atoms with van der Waals surface area (Å²) in [5.41, 5.74) is 1.39. The molecule has 10 heavy (non-hydrogen) atoms. The van der Waals surface area contributed by atoms with Crippen molar-refractivity contribution in [3.05, 3.63) is 24.0 Å². The fourth-order valence-electron chi connectivity index (χ4n) is 1.07. The highest BCUT2D eigenvalue weighted by Crippen LogP contribution is 2.16. The lowest BCUT2D eigenvalue weighted by Crippen LogP contribution is -2.00. The van der Waals surface area contributed by atoms with E-state index in [1.165, 1.54) is 5.69 Å². The number of aromatic nitrogens is 1. The number of hydrogen-bond acceptors (Lipinski definition) is 0. The van der Waals surface area contributed by atoms with Crippen molar-refractivity contribution in [2.45, 2.75) is 12.8 Å². The largest absolute Gasteiger partial charge is 0.354 e. The molecule has 0 saturated carbocycles. The van der Waals surface area contributed by atoms with Gasteiger partial charge in [0.2, 0.25) is 0 Å². The van der Waals surface area contributed by atoms with Crippen molar-refractivity contribution in [2.75, 3.05) is 5.33 Å². The van der Waals surface area contributed by atoms with E-state index in [1.807, 2.05) is 0 Å². The number of rotatable bonds is 2. The van der Waals surface area contributed by atoms with Gasteiger partial charge in [-0.3, -0.25) is 0 Å². The van der Waals surface area contributed by atoms with Gasteiger partial charge in [0.05, 0.1) is 0 Å². The van der Waals surface area contributed by atoms with Crippen LogP contribution in [0, 0.1) is 0 Å². The van der Waals surface area contributed by atoms with Crippen molar-refractivity contribution in [1.29, 1.82) is 0 Å². The molecule has 0 aliphatic rings. The normalized spacial score (nSPS) is 13.5. The van der Waals surface area contributed by atoms with Gasteiger partial charge < -0.3 is 4.57 Å². The molecule has 0 aliphatic carbocycles. The van der Waals surface area contributed by atoms with Crippen LogP contribution in [0.15, 0.2) is 18.3 Å². The lowest BCUT2D eigenvalue weighted by atomic mass is 10.1. The second kappa shape index (κ2) is 3.24. The molecule has 1 atom stereocenters. The molecular formula is C8H12BrN. The van der Waals surface area contributed by atoms with Crippen LogP contribution >= 0.6 is 15.9 Å². The molecule has 1 rings (SSSR count). The van der Waals surface area contributed by atoms with E-state index < -0.39 is 0 Å². The molecule has 2 heteroatoms. The van der Waals surface area contributed by atoms with E-state index in [1.54, 1.807) is 0 Å². The van der Waals surface area contributed by atoms with E-state index >= 15 is 0 Å². The van der Waals surface area contributed by atoms with Crippen molar-refractivity contribution in [3.63, 3.8) is 0 Å². The predicted octanol–water partition coefficient (Wildman–Crippen LogP) is 2.52. The summed E-state index contributed by atoms with van der Waals surface area (Å²) in [7, 11) is 2.08. The zero-order valence-corrected chi connectivity index (χ0v) is 7.93. The lowest BCUT2D eigenvalue weighted by molar-refractivity contribution is 0.752. The monoisotopic (exact) mass is 201 g/mol. The molecule has 0 spiro atoms. The second-order valence-electron chi connectivity index (χ2n) is 2.60. The van der Waals surface area contributed by atoms with Crippen molar-refractivity contribution in [2.24, 2.45) is 7.05 Å². The Balaban J connectivity index is 2.82.